The predicted octanol–water partition coefficient (Wildman–Crippen LogP) is 2.43. The van der Waals surface area contributed by atoms with Crippen molar-refractivity contribution in [2.75, 3.05) is 25.5 Å². The van der Waals surface area contributed by atoms with Crippen LogP contribution in [0, 0.1) is 6.92 Å². The molecule has 4 nitrogen and oxygen atoms in total. The first-order chi connectivity index (χ1) is 9.69. The molecule has 2 fully saturated rings. The number of rotatable bonds is 4. The molecule has 1 aliphatic heterocycles. The van der Waals surface area contributed by atoms with Crippen LogP contribution >= 0.6 is 0 Å². The second-order valence-corrected chi connectivity index (χ2v) is 5.83. The molecule has 1 saturated heterocycles. The number of nitrogens with zero attached hydrogens (tertiary/aromatic N) is 1. The molecule has 3 rings (SSSR count). The summed E-state index contributed by atoms with van der Waals surface area (Å²) in [6, 6.07) is 7.10. The molecule has 0 amide bonds. The molecule has 108 valence electrons. The summed E-state index contributed by atoms with van der Waals surface area (Å²) in [4.78, 5) is 14.3. The number of hydrogen-bond donors (Lipinski definition) is 1. The van der Waals surface area contributed by atoms with E-state index in [9.17, 15) is 4.79 Å². The standard InChI is InChI=1S/C16H22N2O2/c1-11-14(16(19)20-2)4-3-5-15(11)17-12-8-9-18(10-12)13-6-7-13/h3-5,12-13,17H,6-10H2,1-2H3. The van der Waals surface area contributed by atoms with Crippen molar-refractivity contribution in [1.82, 2.24) is 4.90 Å². The largest absolute Gasteiger partial charge is 0.465 e. The van der Waals surface area contributed by atoms with Gasteiger partial charge in [0.1, 0.15) is 0 Å². The summed E-state index contributed by atoms with van der Waals surface area (Å²) in [5.41, 5.74) is 2.68. The number of likely N-dealkylation sites (tertiary alicyclic amines) is 1. The highest BCUT2D eigenvalue weighted by Crippen LogP contribution is 2.31. The Hall–Kier alpha value is -1.55. The average Bonchev–Trinajstić information content (AvgIpc) is 3.21. The van der Waals surface area contributed by atoms with Crippen LogP contribution in [0.15, 0.2) is 18.2 Å². The number of benzene rings is 1. The van der Waals surface area contributed by atoms with Crippen LogP contribution in [0.2, 0.25) is 0 Å². The number of carbonyl (C=O) groups excluding carboxylic acids is 1. The Balaban J connectivity index is 1.69. The minimum atomic E-state index is -0.267. The summed E-state index contributed by atoms with van der Waals surface area (Å²) in [6.45, 7) is 4.28. The Kier molecular flexibility index (Phi) is 3.66. The van der Waals surface area contributed by atoms with E-state index in [1.54, 1.807) is 0 Å². The number of esters is 1. The number of anilines is 1. The zero-order valence-corrected chi connectivity index (χ0v) is 12.2. The van der Waals surface area contributed by atoms with E-state index in [2.05, 4.69) is 10.2 Å². The van der Waals surface area contributed by atoms with Crippen molar-refractivity contribution in [2.45, 2.75) is 38.3 Å². The molecule has 0 radical (unpaired) electrons. The Morgan fingerprint density at radius 1 is 1.35 bits per heavy atom. The van der Waals surface area contributed by atoms with Crippen molar-refractivity contribution in [1.29, 1.82) is 0 Å². The lowest BCUT2D eigenvalue weighted by Gasteiger charge is -2.18. The highest BCUT2D eigenvalue weighted by atomic mass is 16.5. The first-order valence-electron chi connectivity index (χ1n) is 7.37. The van der Waals surface area contributed by atoms with E-state index in [1.807, 2.05) is 25.1 Å². The van der Waals surface area contributed by atoms with Gasteiger partial charge in [-0.1, -0.05) is 6.07 Å². The van der Waals surface area contributed by atoms with Crippen LogP contribution in [0.25, 0.3) is 0 Å². The molecule has 2 aliphatic rings. The van der Waals surface area contributed by atoms with Crippen LogP contribution in [0.1, 0.15) is 35.2 Å². The van der Waals surface area contributed by atoms with Gasteiger partial charge in [-0.05, 0) is 43.9 Å². The van der Waals surface area contributed by atoms with Crippen molar-refractivity contribution in [3.63, 3.8) is 0 Å². The van der Waals surface area contributed by atoms with Crippen LogP contribution in [0.4, 0.5) is 5.69 Å². The van der Waals surface area contributed by atoms with Gasteiger partial charge in [0.15, 0.2) is 0 Å². The second-order valence-electron chi connectivity index (χ2n) is 5.83. The zero-order valence-electron chi connectivity index (χ0n) is 12.2. The molecule has 1 aromatic carbocycles. The van der Waals surface area contributed by atoms with E-state index in [0.29, 0.717) is 11.6 Å². The SMILES string of the molecule is COC(=O)c1cccc(NC2CCN(C3CC3)C2)c1C. The fourth-order valence-corrected chi connectivity index (χ4v) is 3.02. The van der Waals surface area contributed by atoms with Gasteiger partial charge >= 0.3 is 5.97 Å². The predicted molar refractivity (Wildman–Crippen MR) is 79.1 cm³/mol. The fourth-order valence-electron chi connectivity index (χ4n) is 3.02. The average molecular weight is 274 g/mol. The molecule has 20 heavy (non-hydrogen) atoms. The van der Waals surface area contributed by atoms with Crippen molar-refractivity contribution in [3.8, 4) is 0 Å². The van der Waals surface area contributed by atoms with E-state index in [4.69, 9.17) is 4.74 Å². The maximum atomic E-state index is 11.7. The second kappa shape index (κ2) is 5.44. The van der Waals surface area contributed by atoms with E-state index in [1.165, 1.54) is 32.9 Å². The zero-order chi connectivity index (χ0) is 14.1. The van der Waals surface area contributed by atoms with Gasteiger partial charge in [-0.15, -0.1) is 0 Å². The lowest BCUT2D eigenvalue weighted by atomic mass is 10.1. The Labute approximate surface area is 120 Å². The lowest BCUT2D eigenvalue weighted by molar-refractivity contribution is 0.0600. The van der Waals surface area contributed by atoms with Crippen LogP contribution in [0.5, 0.6) is 0 Å². The first kappa shape index (κ1) is 13.4. The number of methoxy groups -OCH3 is 1. The van der Waals surface area contributed by atoms with Gasteiger partial charge < -0.3 is 10.1 Å². The van der Waals surface area contributed by atoms with Crippen molar-refractivity contribution < 1.29 is 9.53 Å². The Morgan fingerprint density at radius 2 is 2.15 bits per heavy atom. The fraction of sp³-hybridized carbons (Fsp3) is 0.562. The van der Waals surface area contributed by atoms with Gasteiger partial charge in [0.05, 0.1) is 12.7 Å². The summed E-state index contributed by atoms with van der Waals surface area (Å²) >= 11 is 0. The summed E-state index contributed by atoms with van der Waals surface area (Å²) in [5, 5.41) is 3.59. The maximum Gasteiger partial charge on any atom is 0.338 e. The molecule has 1 heterocycles. The highest BCUT2D eigenvalue weighted by molar-refractivity contribution is 5.92. The van der Waals surface area contributed by atoms with Crippen LogP contribution < -0.4 is 5.32 Å². The molecule has 1 N–H and O–H groups in total. The number of carbonyl (C=O) groups is 1. The van der Waals surface area contributed by atoms with Crippen molar-refractivity contribution >= 4 is 11.7 Å². The van der Waals surface area contributed by atoms with Gasteiger partial charge in [-0.3, -0.25) is 4.90 Å². The number of nitrogens with one attached hydrogen (secondary N) is 1. The molecule has 1 atom stereocenters. The van der Waals surface area contributed by atoms with Crippen LogP contribution in [-0.2, 0) is 4.74 Å². The summed E-state index contributed by atoms with van der Waals surface area (Å²) in [5.74, 6) is -0.267. The normalized spacial score (nSPS) is 22.8. The molecule has 1 saturated carbocycles. The van der Waals surface area contributed by atoms with E-state index < -0.39 is 0 Å². The summed E-state index contributed by atoms with van der Waals surface area (Å²) in [6.07, 6.45) is 3.91. The molecule has 0 spiro atoms. The third kappa shape index (κ3) is 2.66. The molecular weight excluding hydrogens is 252 g/mol. The monoisotopic (exact) mass is 274 g/mol. The first-order valence-corrected chi connectivity index (χ1v) is 7.37. The van der Waals surface area contributed by atoms with Gasteiger partial charge in [0.25, 0.3) is 0 Å². The minimum Gasteiger partial charge on any atom is -0.465 e. The van der Waals surface area contributed by atoms with Crippen LogP contribution in [-0.4, -0.2) is 43.2 Å². The molecule has 1 unspecified atom stereocenters. The molecule has 1 aromatic rings. The minimum absolute atomic E-state index is 0.267. The van der Waals surface area contributed by atoms with Crippen LogP contribution in [0.3, 0.4) is 0 Å². The molecule has 0 bridgehead atoms. The maximum absolute atomic E-state index is 11.7. The van der Waals surface area contributed by atoms with Gasteiger partial charge in [0.2, 0.25) is 0 Å². The number of ether oxygens (including phenoxy) is 1. The van der Waals surface area contributed by atoms with Crippen molar-refractivity contribution in [3.05, 3.63) is 29.3 Å². The third-order valence-corrected chi connectivity index (χ3v) is 4.38. The van der Waals surface area contributed by atoms with Crippen molar-refractivity contribution in [2.24, 2.45) is 0 Å². The smallest absolute Gasteiger partial charge is 0.338 e. The lowest BCUT2D eigenvalue weighted by Crippen LogP contribution is -2.28. The Bertz CT molecular complexity index is 511. The molecular formula is C16H22N2O2. The highest BCUT2D eigenvalue weighted by Gasteiger charge is 2.34. The molecule has 4 heteroatoms. The number of hydrogen-bond acceptors (Lipinski definition) is 4. The van der Waals surface area contributed by atoms with Gasteiger partial charge in [-0.2, -0.15) is 0 Å². The quantitative estimate of drug-likeness (QED) is 0.856. The van der Waals surface area contributed by atoms with Gasteiger partial charge in [-0.25, -0.2) is 4.79 Å². The molecule has 0 aromatic heterocycles. The van der Waals surface area contributed by atoms with Gasteiger partial charge in [0, 0.05) is 30.9 Å². The van der Waals surface area contributed by atoms with E-state index in [0.717, 1.165) is 23.8 Å². The summed E-state index contributed by atoms with van der Waals surface area (Å²) < 4.78 is 4.82. The topological polar surface area (TPSA) is 41.6 Å². The summed E-state index contributed by atoms with van der Waals surface area (Å²) in [7, 11) is 1.42. The molecule has 1 aliphatic carbocycles. The Morgan fingerprint density at radius 3 is 2.85 bits per heavy atom. The van der Waals surface area contributed by atoms with E-state index >= 15 is 0 Å². The van der Waals surface area contributed by atoms with E-state index in [-0.39, 0.29) is 5.97 Å². The third-order valence-electron chi connectivity index (χ3n) is 4.38.